The molecule has 0 amide bonds. The van der Waals surface area contributed by atoms with E-state index in [0.29, 0.717) is 22.3 Å². The van der Waals surface area contributed by atoms with Gasteiger partial charge in [0.15, 0.2) is 11.5 Å². The number of hydrogen-bond donors (Lipinski definition) is 2. The number of fused-ring (bicyclic) bond motifs is 1. The fraction of sp³-hybridized carbons (Fsp3) is 0.364. The van der Waals surface area contributed by atoms with E-state index in [4.69, 9.17) is 26.2 Å². The number of benzene rings is 1. The summed E-state index contributed by atoms with van der Waals surface area (Å²) in [6, 6.07) is 3.09. The number of ether oxygens (including phenoxy) is 2. The fourth-order valence-electron chi connectivity index (χ4n) is 1.95. The highest BCUT2D eigenvalue weighted by Gasteiger charge is 2.31. The van der Waals surface area contributed by atoms with Gasteiger partial charge in [-0.05, 0) is 17.7 Å². The number of nitrogens with one attached hydrogen (secondary N) is 1. The van der Waals surface area contributed by atoms with E-state index in [-0.39, 0.29) is 12.2 Å². The Hall–Kier alpha value is -1.11. The first-order chi connectivity index (χ1) is 8.65. The lowest BCUT2D eigenvalue weighted by molar-refractivity contribution is -0.138. The predicted molar refractivity (Wildman–Crippen MR) is 67.3 cm³/mol. The second-order valence-corrected chi connectivity index (χ2v) is 5.55. The van der Waals surface area contributed by atoms with E-state index >= 15 is 0 Å². The number of rotatable bonds is 2. The third kappa shape index (κ3) is 2.00. The molecular weight excluding hydrogens is 278 g/mol. The molecule has 5 nitrogen and oxygen atoms in total. The van der Waals surface area contributed by atoms with Gasteiger partial charge in [-0.15, -0.1) is 11.8 Å². The maximum Gasteiger partial charge on any atom is 0.321 e. The molecule has 96 valence electrons. The minimum Gasteiger partial charge on any atom is -0.480 e. The third-order valence-corrected chi connectivity index (χ3v) is 4.38. The van der Waals surface area contributed by atoms with Gasteiger partial charge in [-0.25, -0.2) is 0 Å². The largest absolute Gasteiger partial charge is 0.480 e. The third-order valence-electron chi connectivity index (χ3n) is 2.83. The van der Waals surface area contributed by atoms with Crippen molar-refractivity contribution < 1.29 is 19.4 Å². The van der Waals surface area contributed by atoms with Crippen molar-refractivity contribution in [3.8, 4) is 11.5 Å². The van der Waals surface area contributed by atoms with Crippen LogP contribution in [0, 0.1) is 0 Å². The van der Waals surface area contributed by atoms with Crippen molar-refractivity contribution in [3.05, 3.63) is 22.7 Å². The van der Waals surface area contributed by atoms with Gasteiger partial charge in [-0.1, -0.05) is 11.6 Å². The van der Waals surface area contributed by atoms with Crippen LogP contribution in [0.1, 0.15) is 10.9 Å². The highest BCUT2D eigenvalue weighted by Crippen LogP contribution is 2.43. The van der Waals surface area contributed by atoms with Crippen molar-refractivity contribution in [2.75, 3.05) is 12.5 Å². The lowest BCUT2D eigenvalue weighted by atomic mass is 10.2. The zero-order valence-corrected chi connectivity index (χ0v) is 10.8. The van der Waals surface area contributed by atoms with E-state index in [1.54, 1.807) is 6.07 Å². The molecule has 2 heterocycles. The second kappa shape index (κ2) is 4.53. The molecule has 1 saturated heterocycles. The Morgan fingerprint density at radius 2 is 2.33 bits per heavy atom. The summed E-state index contributed by atoms with van der Waals surface area (Å²) in [5.41, 5.74) is 0.901. The van der Waals surface area contributed by atoms with Crippen LogP contribution in [0.3, 0.4) is 0 Å². The molecule has 1 fully saturated rings. The highest BCUT2D eigenvalue weighted by atomic mass is 35.5. The van der Waals surface area contributed by atoms with E-state index in [9.17, 15) is 4.79 Å². The van der Waals surface area contributed by atoms with Gasteiger partial charge in [0.25, 0.3) is 0 Å². The number of carboxylic acids is 1. The van der Waals surface area contributed by atoms with Crippen molar-refractivity contribution in [2.24, 2.45) is 0 Å². The molecular formula is C11H10ClNO4S. The summed E-state index contributed by atoms with van der Waals surface area (Å²) in [5.74, 6) is 0.861. The number of thioether (sulfide) groups is 1. The molecule has 0 aromatic heterocycles. The highest BCUT2D eigenvalue weighted by molar-refractivity contribution is 7.99. The van der Waals surface area contributed by atoms with Gasteiger partial charge in [0.2, 0.25) is 6.79 Å². The smallest absolute Gasteiger partial charge is 0.321 e. The van der Waals surface area contributed by atoms with Gasteiger partial charge in [0.1, 0.15) is 6.04 Å². The summed E-state index contributed by atoms with van der Waals surface area (Å²) in [5, 5.41) is 12.4. The first kappa shape index (κ1) is 12.0. The van der Waals surface area contributed by atoms with E-state index < -0.39 is 12.0 Å². The van der Waals surface area contributed by atoms with Crippen LogP contribution in [0.5, 0.6) is 11.5 Å². The Balaban J connectivity index is 1.86. The van der Waals surface area contributed by atoms with Gasteiger partial charge in [-0.3, -0.25) is 10.1 Å². The molecule has 0 spiro atoms. The molecule has 1 aromatic carbocycles. The number of hydrogen-bond acceptors (Lipinski definition) is 5. The van der Waals surface area contributed by atoms with Gasteiger partial charge in [0, 0.05) is 5.75 Å². The second-order valence-electron chi connectivity index (χ2n) is 4.01. The van der Waals surface area contributed by atoms with Crippen LogP contribution >= 0.6 is 23.4 Å². The van der Waals surface area contributed by atoms with Crippen molar-refractivity contribution >= 4 is 29.3 Å². The summed E-state index contributed by atoms with van der Waals surface area (Å²) in [6.07, 6.45) is 0. The fourth-order valence-corrected chi connectivity index (χ4v) is 3.43. The van der Waals surface area contributed by atoms with Crippen molar-refractivity contribution in [2.45, 2.75) is 11.4 Å². The lowest BCUT2D eigenvalue weighted by Gasteiger charge is -2.12. The molecule has 0 radical (unpaired) electrons. The van der Waals surface area contributed by atoms with Gasteiger partial charge in [0.05, 0.1) is 10.4 Å². The molecule has 1 aromatic rings. The van der Waals surface area contributed by atoms with Crippen molar-refractivity contribution in [3.63, 3.8) is 0 Å². The van der Waals surface area contributed by atoms with E-state index in [1.807, 2.05) is 6.07 Å². The molecule has 7 heteroatoms. The molecule has 0 saturated carbocycles. The number of aliphatic carboxylic acids is 1. The Morgan fingerprint density at radius 1 is 1.50 bits per heavy atom. The summed E-state index contributed by atoms with van der Waals surface area (Å²) in [7, 11) is 0. The summed E-state index contributed by atoms with van der Waals surface area (Å²) in [4.78, 5) is 10.9. The number of halogens is 1. The molecule has 0 aliphatic carbocycles. The van der Waals surface area contributed by atoms with E-state index in [1.165, 1.54) is 11.8 Å². The van der Waals surface area contributed by atoms with Crippen molar-refractivity contribution in [1.29, 1.82) is 0 Å². The van der Waals surface area contributed by atoms with Gasteiger partial charge < -0.3 is 14.6 Å². The zero-order chi connectivity index (χ0) is 12.7. The number of carbonyl (C=O) groups is 1. The molecule has 1 unspecified atom stereocenters. The molecule has 0 bridgehead atoms. The summed E-state index contributed by atoms with van der Waals surface area (Å²) in [6.45, 7) is 0.168. The van der Waals surface area contributed by atoms with Crippen LogP contribution < -0.4 is 14.8 Å². The predicted octanol–water partition coefficient (Wildman–Crippen LogP) is 1.86. The van der Waals surface area contributed by atoms with Crippen LogP contribution in [-0.2, 0) is 4.79 Å². The van der Waals surface area contributed by atoms with Crippen LogP contribution in [0.25, 0.3) is 0 Å². The average molecular weight is 288 g/mol. The van der Waals surface area contributed by atoms with Crippen molar-refractivity contribution in [1.82, 2.24) is 5.32 Å². The van der Waals surface area contributed by atoms with Crippen LogP contribution in [-0.4, -0.2) is 29.7 Å². The summed E-state index contributed by atoms with van der Waals surface area (Å²) < 4.78 is 10.5. The normalized spacial score (nSPS) is 25.4. The topological polar surface area (TPSA) is 67.8 Å². The Bertz CT molecular complexity index is 510. The van der Waals surface area contributed by atoms with Crippen LogP contribution in [0.2, 0.25) is 5.02 Å². The molecule has 2 N–H and O–H groups in total. The zero-order valence-electron chi connectivity index (χ0n) is 9.18. The standard InChI is InChI=1S/C11H10ClNO4S/c12-6-1-5(2-8-9(6)17-4-16-8)10-13-7(3-18-10)11(14)15/h1-2,7,10,13H,3-4H2,(H,14,15)/t7-,10?/m0/s1. The first-order valence-corrected chi connectivity index (χ1v) is 6.77. The van der Waals surface area contributed by atoms with Crippen LogP contribution in [0.15, 0.2) is 12.1 Å². The molecule has 3 rings (SSSR count). The minimum absolute atomic E-state index is 0.0851. The molecule has 2 aliphatic rings. The van der Waals surface area contributed by atoms with E-state index in [0.717, 1.165) is 5.56 Å². The Kier molecular flexibility index (Phi) is 3.01. The minimum atomic E-state index is -0.836. The summed E-state index contributed by atoms with van der Waals surface area (Å²) >= 11 is 7.63. The monoisotopic (exact) mass is 287 g/mol. The Labute approximate surface area is 112 Å². The Morgan fingerprint density at radius 3 is 3.06 bits per heavy atom. The molecule has 18 heavy (non-hydrogen) atoms. The number of carboxylic acid groups (broad SMARTS) is 1. The van der Waals surface area contributed by atoms with Crippen LogP contribution in [0.4, 0.5) is 0 Å². The molecule has 2 aliphatic heterocycles. The molecule has 2 atom stereocenters. The first-order valence-electron chi connectivity index (χ1n) is 5.34. The maximum atomic E-state index is 10.9. The quantitative estimate of drug-likeness (QED) is 0.865. The maximum absolute atomic E-state index is 10.9. The van der Waals surface area contributed by atoms with Gasteiger partial charge >= 0.3 is 5.97 Å². The van der Waals surface area contributed by atoms with Gasteiger partial charge in [-0.2, -0.15) is 0 Å². The lowest BCUT2D eigenvalue weighted by Crippen LogP contribution is -2.33. The average Bonchev–Trinajstić information content (AvgIpc) is 2.97. The SMILES string of the molecule is O=C(O)[C@@H]1CSC(c2cc(Cl)c3c(c2)OCO3)N1. The van der Waals surface area contributed by atoms with E-state index in [2.05, 4.69) is 5.32 Å².